The molecule has 164 valence electrons. The Morgan fingerprint density at radius 1 is 1.10 bits per heavy atom. The lowest BCUT2D eigenvalue weighted by atomic mass is 10.1. The van der Waals surface area contributed by atoms with Gasteiger partial charge in [0.1, 0.15) is 16.5 Å². The van der Waals surface area contributed by atoms with Gasteiger partial charge < -0.3 is 19.9 Å². The Balaban J connectivity index is 1.45. The van der Waals surface area contributed by atoms with Crippen LogP contribution < -0.4 is 10.2 Å². The van der Waals surface area contributed by atoms with Crippen LogP contribution in [0, 0.1) is 13.8 Å². The lowest BCUT2D eigenvalue weighted by molar-refractivity contribution is 0.0374. The molecule has 1 amide bonds. The number of aromatic nitrogens is 2. The number of hydrogen-bond donors (Lipinski definition) is 1. The molecule has 0 spiro atoms. The highest BCUT2D eigenvalue weighted by atomic mass is 32.1. The minimum absolute atomic E-state index is 0.000502. The van der Waals surface area contributed by atoms with Gasteiger partial charge in [-0.3, -0.25) is 9.69 Å². The van der Waals surface area contributed by atoms with Crippen molar-refractivity contribution in [2.24, 2.45) is 0 Å². The summed E-state index contributed by atoms with van der Waals surface area (Å²) in [6, 6.07) is 0. The van der Waals surface area contributed by atoms with Crippen LogP contribution in [0.5, 0.6) is 0 Å². The number of aryl methyl sites for hydroxylation is 2. The maximum absolute atomic E-state index is 12.9. The summed E-state index contributed by atoms with van der Waals surface area (Å²) in [5, 5.41) is 4.14. The Labute approximate surface area is 182 Å². The number of thiophene rings is 1. The van der Waals surface area contributed by atoms with Crippen LogP contribution in [0.15, 0.2) is 0 Å². The summed E-state index contributed by atoms with van der Waals surface area (Å²) in [7, 11) is 2.15. The topological polar surface area (TPSA) is 73.8 Å². The monoisotopic (exact) mass is 432 g/mol. The zero-order valence-electron chi connectivity index (χ0n) is 18.2. The Morgan fingerprint density at radius 2 is 1.83 bits per heavy atom. The zero-order valence-corrected chi connectivity index (χ0v) is 19.1. The van der Waals surface area contributed by atoms with Gasteiger partial charge in [0.25, 0.3) is 5.91 Å². The summed E-state index contributed by atoms with van der Waals surface area (Å²) in [6.07, 6.45) is 0.946. The molecule has 0 aliphatic carbocycles. The van der Waals surface area contributed by atoms with Crippen LogP contribution in [-0.4, -0.2) is 98.3 Å². The van der Waals surface area contributed by atoms with E-state index in [9.17, 15) is 4.79 Å². The van der Waals surface area contributed by atoms with Gasteiger partial charge in [0.2, 0.25) is 0 Å². The molecule has 30 heavy (non-hydrogen) atoms. The van der Waals surface area contributed by atoms with Gasteiger partial charge >= 0.3 is 0 Å². The van der Waals surface area contributed by atoms with Gasteiger partial charge in [-0.25, -0.2) is 9.97 Å². The van der Waals surface area contributed by atoms with Crippen LogP contribution in [0.1, 0.15) is 27.5 Å². The number of likely N-dealkylation sites (N-methyl/N-ethyl adjacent to an activating group) is 1. The van der Waals surface area contributed by atoms with Gasteiger partial charge in [0, 0.05) is 45.8 Å². The molecule has 0 radical (unpaired) electrons. The summed E-state index contributed by atoms with van der Waals surface area (Å²) < 4.78 is 5.38. The number of nitrogens with one attached hydrogen (secondary N) is 1. The molecular formula is C21H32N6O2S. The van der Waals surface area contributed by atoms with Crippen molar-refractivity contribution < 1.29 is 9.53 Å². The van der Waals surface area contributed by atoms with Crippen LogP contribution >= 0.6 is 11.3 Å². The number of amides is 1. The van der Waals surface area contributed by atoms with E-state index in [4.69, 9.17) is 9.72 Å². The third-order valence-electron chi connectivity index (χ3n) is 5.93. The molecule has 9 heteroatoms. The highest BCUT2D eigenvalue weighted by molar-refractivity contribution is 7.20. The number of rotatable bonds is 6. The van der Waals surface area contributed by atoms with Gasteiger partial charge in [0.15, 0.2) is 0 Å². The molecule has 2 fully saturated rings. The first-order valence-electron chi connectivity index (χ1n) is 10.8. The highest BCUT2D eigenvalue weighted by Crippen LogP contribution is 2.35. The molecule has 8 nitrogen and oxygen atoms in total. The molecular weight excluding hydrogens is 400 g/mol. The van der Waals surface area contributed by atoms with E-state index in [0.717, 1.165) is 97.7 Å². The van der Waals surface area contributed by atoms with Gasteiger partial charge in [-0.1, -0.05) is 0 Å². The molecule has 0 unspecified atom stereocenters. The molecule has 2 aromatic rings. The summed E-state index contributed by atoms with van der Waals surface area (Å²) in [6.45, 7) is 13.1. The normalized spacial score (nSPS) is 18.8. The predicted octanol–water partition coefficient (Wildman–Crippen LogP) is 1.51. The van der Waals surface area contributed by atoms with E-state index in [2.05, 4.69) is 32.0 Å². The fraction of sp³-hybridized carbons (Fsp3) is 0.667. The van der Waals surface area contributed by atoms with Crippen molar-refractivity contribution >= 4 is 33.3 Å². The minimum Gasteiger partial charge on any atom is -0.379 e. The minimum atomic E-state index is -0.000502. The number of nitrogens with zero attached hydrogens (tertiary/aromatic N) is 5. The van der Waals surface area contributed by atoms with Gasteiger partial charge in [0.05, 0.1) is 23.5 Å². The molecule has 2 aliphatic rings. The molecule has 2 aliphatic heterocycles. The molecule has 4 heterocycles. The average Bonchev–Trinajstić information content (AvgIpc) is 3.08. The van der Waals surface area contributed by atoms with E-state index in [1.54, 1.807) is 0 Å². The third-order valence-corrected chi connectivity index (χ3v) is 7.12. The number of hydrogen-bond acceptors (Lipinski definition) is 8. The van der Waals surface area contributed by atoms with Crippen molar-refractivity contribution in [1.82, 2.24) is 25.1 Å². The first-order chi connectivity index (χ1) is 14.5. The smallest absolute Gasteiger partial charge is 0.261 e. The Hall–Kier alpha value is -1.81. The zero-order chi connectivity index (χ0) is 21.1. The van der Waals surface area contributed by atoms with E-state index in [0.29, 0.717) is 6.54 Å². The third kappa shape index (κ3) is 4.74. The predicted molar refractivity (Wildman–Crippen MR) is 121 cm³/mol. The lowest BCUT2D eigenvalue weighted by Crippen LogP contribution is -2.45. The van der Waals surface area contributed by atoms with Crippen molar-refractivity contribution in [3.8, 4) is 0 Å². The van der Waals surface area contributed by atoms with Crippen LogP contribution in [0.3, 0.4) is 0 Å². The summed E-state index contributed by atoms with van der Waals surface area (Å²) in [4.78, 5) is 31.0. The van der Waals surface area contributed by atoms with Crippen LogP contribution in [0.2, 0.25) is 0 Å². The van der Waals surface area contributed by atoms with Crippen molar-refractivity contribution in [1.29, 1.82) is 0 Å². The van der Waals surface area contributed by atoms with E-state index < -0.39 is 0 Å². The van der Waals surface area contributed by atoms with E-state index in [1.807, 2.05) is 13.8 Å². The molecule has 1 N–H and O–H groups in total. The Morgan fingerprint density at radius 3 is 2.57 bits per heavy atom. The molecule has 4 rings (SSSR count). The maximum atomic E-state index is 12.9. The standard InChI is InChI=1S/C21H32N6O2S/c1-15-17-19(27-9-7-25(3)8-10-27)23-16(2)24-21(17)30-18(15)20(28)22-5-4-6-26-11-13-29-14-12-26/h4-14H2,1-3H3,(H,22,28). The van der Waals surface area contributed by atoms with E-state index in [-0.39, 0.29) is 5.91 Å². The van der Waals surface area contributed by atoms with Gasteiger partial charge in [-0.2, -0.15) is 0 Å². The molecule has 0 bridgehead atoms. The second-order valence-electron chi connectivity index (χ2n) is 8.18. The highest BCUT2D eigenvalue weighted by Gasteiger charge is 2.24. The number of carbonyl (C=O) groups is 1. The summed E-state index contributed by atoms with van der Waals surface area (Å²) >= 11 is 1.48. The molecule has 0 saturated carbocycles. The number of piperazine rings is 1. The first kappa shape index (κ1) is 21.4. The number of morpholine rings is 1. The average molecular weight is 433 g/mol. The van der Waals surface area contributed by atoms with Crippen molar-refractivity contribution in [3.05, 3.63) is 16.3 Å². The Kier molecular flexibility index (Phi) is 6.82. The lowest BCUT2D eigenvalue weighted by Gasteiger charge is -2.33. The van der Waals surface area contributed by atoms with Crippen LogP contribution in [0.25, 0.3) is 10.2 Å². The Bertz CT molecular complexity index is 887. The first-order valence-corrected chi connectivity index (χ1v) is 11.6. The molecule has 2 saturated heterocycles. The quantitative estimate of drug-likeness (QED) is 0.694. The van der Waals surface area contributed by atoms with Crippen LogP contribution in [-0.2, 0) is 4.74 Å². The van der Waals surface area contributed by atoms with E-state index in [1.165, 1.54) is 11.3 Å². The molecule has 0 aromatic carbocycles. The van der Waals surface area contributed by atoms with Crippen molar-refractivity contribution in [2.45, 2.75) is 20.3 Å². The largest absolute Gasteiger partial charge is 0.379 e. The van der Waals surface area contributed by atoms with Gasteiger partial charge in [-0.15, -0.1) is 11.3 Å². The SMILES string of the molecule is Cc1nc(N2CCN(C)CC2)c2c(C)c(C(=O)NCCCN3CCOCC3)sc2n1. The number of ether oxygens (including phenoxy) is 1. The fourth-order valence-electron chi connectivity index (χ4n) is 4.09. The number of carbonyl (C=O) groups excluding carboxylic acids is 1. The number of fused-ring (bicyclic) bond motifs is 1. The van der Waals surface area contributed by atoms with Crippen molar-refractivity contribution in [2.75, 3.05) is 77.5 Å². The summed E-state index contributed by atoms with van der Waals surface area (Å²) in [5.74, 6) is 1.74. The van der Waals surface area contributed by atoms with Crippen molar-refractivity contribution in [3.63, 3.8) is 0 Å². The second kappa shape index (κ2) is 9.55. The van der Waals surface area contributed by atoms with Gasteiger partial charge in [-0.05, 0) is 39.4 Å². The number of anilines is 1. The second-order valence-corrected chi connectivity index (χ2v) is 9.18. The fourth-order valence-corrected chi connectivity index (χ4v) is 5.23. The maximum Gasteiger partial charge on any atom is 0.261 e. The van der Waals surface area contributed by atoms with Crippen LogP contribution in [0.4, 0.5) is 5.82 Å². The van der Waals surface area contributed by atoms with E-state index >= 15 is 0 Å². The molecule has 2 aromatic heterocycles. The molecule has 0 atom stereocenters. The summed E-state index contributed by atoms with van der Waals surface area (Å²) in [5.41, 5.74) is 0.995.